The average Bonchev–Trinajstić information content (AvgIpc) is 2.84. The van der Waals surface area contributed by atoms with E-state index in [2.05, 4.69) is 26.3 Å². The van der Waals surface area contributed by atoms with Gasteiger partial charge < -0.3 is 5.32 Å². The second-order valence-electron chi connectivity index (χ2n) is 5.07. The SMILES string of the molecule is Cc1nn(-c2ccccc2)c(NC(=O)c2ccc(Cl)cc2Cl)c1Br. The van der Waals surface area contributed by atoms with Crippen LogP contribution in [0.5, 0.6) is 0 Å². The Balaban J connectivity index is 1.99. The minimum atomic E-state index is -0.338. The first-order valence-electron chi connectivity index (χ1n) is 7.04. The van der Waals surface area contributed by atoms with Crippen LogP contribution in [0, 0.1) is 6.92 Å². The van der Waals surface area contributed by atoms with Crippen molar-refractivity contribution in [2.75, 3.05) is 5.32 Å². The fourth-order valence-electron chi connectivity index (χ4n) is 2.22. The Morgan fingerprint density at radius 1 is 1.17 bits per heavy atom. The van der Waals surface area contributed by atoms with Crippen LogP contribution in [-0.4, -0.2) is 15.7 Å². The summed E-state index contributed by atoms with van der Waals surface area (Å²) >= 11 is 15.5. The van der Waals surface area contributed by atoms with Gasteiger partial charge in [-0.25, -0.2) is 4.68 Å². The van der Waals surface area contributed by atoms with Gasteiger partial charge in [0.25, 0.3) is 5.91 Å². The van der Waals surface area contributed by atoms with Crippen LogP contribution in [0.15, 0.2) is 53.0 Å². The molecule has 24 heavy (non-hydrogen) atoms. The molecule has 0 spiro atoms. The van der Waals surface area contributed by atoms with Crippen LogP contribution < -0.4 is 5.32 Å². The molecule has 4 nitrogen and oxygen atoms in total. The van der Waals surface area contributed by atoms with Crippen molar-refractivity contribution in [3.05, 3.63) is 74.3 Å². The maximum absolute atomic E-state index is 12.6. The van der Waals surface area contributed by atoms with Gasteiger partial charge in [0.05, 0.1) is 26.4 Å². The van der Waals surface area contributed by atoms with Gasteiger partial charge in [-0.2, -0.15) is 5.10 Å². The number of benzene rings is 2. The number of nitrogens with one attached hydrogen (secondary N) is 1. The van der Waals surface area contributed by atoms with Gasteiger partial charge in [-0.05, 0) is 53.2 Å². The Morgan fingerprint density at radius 3 is 2.54 bits per heavy atom. The van der Waals surface area contributed by atoms with E-state index < -0.39 is 0 Å². The number of nitrogens with zero attached hydrogens (tertiary/aromatic N) is 2. The highest BCUT2D eigenvalue weighted by atomic mass is 79.9. The van der Waals surface area contributed by atoms with Crippen molar-refractivity contribution in [3.63, 3.8) is 0 Å². The highest BCUT2D eigenvalue weighted by Gasteiger charge is 2.19. The highest BCUT2D eigenvalue weighted by molar-refractivity contribution is 9.10. The van der Waals surface area contributed by atoms with Gasteiger partial charge in [-0.15, -0.1) is 0 Å². The van der Waals surface area contributed by atoms with Crippen LogP contribution in [0.2, 0.25) is 10.0 Å². The number of carbonyl (C=O) groups excluding carboxylic acids is 1. The molecule has 1 amide bonds. The minimum Gasteiger partial charge on any atom is -0.305 e. The van der Waals surface area contributed by atoms with Crippen molar-refractivity contribution in [3.8, 4) is 5.69 Å². The summed E-state index contributed by atoms with van der Waals surface area (Å²) in [7, 11) is 0. The van der Waals surface area contributed by atoms with E-state index in [0.717, 1.165) is 11.4 Å². The molecule has 122 valence electrons. The van der Waals surface area contributed by atoms with Crippen molar-refractivity contribution in [2.45, 2.75) is 6.92 Å². The molecule has 0 fully saturated rings. The van der Waals surface area contributed by atoms with Gasteiger partial charge in [-0.3, -0.25) is 4.79 Å². The molecule has 0 saturated carbocycles. The predicted molar refractivity (Wildman–Crippen MR) is 100 cm³/mol. The molecular formula is C17H12BrCl2N3O. The van der Waals surface area contributed by atoms with Gasteiger partial charge in [-0.1, -0.05) is 41.4 Å². The summed E-state index contributed by atoms with van der Waals surface area (Å²) in [5.41, 5.74) is 1.94. The topological polar surface area (TPSA) is 46.9 Å². The van der Waals surface area contributed by atoms with E-state index in [0.29, 0.717) is 25.9 Å². The van der Waals surface area contributed by atoms with Crippen LogP contribution in [0.3, 0.4) is 0 Å². The van der Waals surface area contributed by atoms with E-state index >= 15 is 0 Å². The summed E-state index contributed by atoms with van der Waals surface area (Å²) in [6, 6.07) is 14.3. The molecule has 0 radical (unpaired) electrons. The second kappa shape index (κ2) is 6.97. The molecule has 3 rings (SSSR count). The number of anilines is 1. The molecule has 0 aliphatic rings. The van der Waals surface area contributed by atoms with E-state index in [1.54, 1.807) is 16.8 Å². The van der Waals surface area contributed by atoms with Gasteiger partial charge in [0.2, 0.25) is 0 Å². The third-order valence-electron chi connectivity index (χ3n) is 3.40. The zero-order chi connectivity index (χ0) is 17.3. The molecule has 1 aromatic heterocycles. The largest absolute Gasteiger partial charge is 0.305 e. The fraction of sp³-hybridized carbons (Fsp3) is 0.0588. The third-order valence-corrected chi connectivity index (χ3v) is 4.89. The molecule has 3 aromatic rings. The summed E-state index contributed by atoms with van der Waals surface area (Å²) in [6.45, 7) is 1.86. The molecular weight excluding hydrogens is 413 g/mol. The number of aromatic nitrogens is 2. The molecule has 0 bridgehead atoms. The van der Waals surface area contributed by atoms with E-state index in [1.165, 1.54) is 6.07 Å². The number of amides is 1. The summed E-state index contributed by atoms with van der Waals surface area (Å²) in [5.74, 6) is 0.198. The number of hydrogen-bond acceptors (Lipinski definition) is 2. The fourth-order valence-corrected chi connectivity index (χ4v) is 3.06. The van der Waals surface area contributed by atoms with Crippen molar-refractivity contribution in [1.82, 2.24) is 9.78 Å². The van der Waals surface area contributed by atoms with Gasteiger partial charge in [0.1, 0.15) is 0 Å². The number of aryl methyl sites for hydroxylation is 1. The summed E-state index contributed by atoms with van der Waals surface area (Å²) in [6.07, 6.45) is 0. The lowest BCUT2D eigenvalue weighted by Crippen LogP contribution is -2.16. The Labute approximate surface area is 157 Å². The molecule has 1 heterocycles. The standard InChI is InChI=1S/C17H12BrCl2N3O/c1-10-15(18)16(23(22-10)12-5-3-2-4-6-12)21-17(24)13-8-7-11(19)9-14(13)20/h2-9H,1H3,(H,21,24). The Morgan fingerprint density at radius 2 is 1.88 bits per heavy atom. The molecule has 0 aliphatic carbocycles. The average molecular weight is 425 g/mol. The maximum atomic E-state index is 12.6. The quantitative estimate of drug-likeness (QED) is 0.603. The maximum Gasteiger partial charge on any atom is 0.258 e. The zero-order valence-corrected chi connectivity index (χ0v) is 15.7. The van der Waals surface area contributed by atoms with E-state index in [9.17, 15) is 4.79 Å². The van der Waals surface area contributed by atoms with Crippen LogP contribution in [0.25, 0.3) is 5.69 Å². The van der Waals surface area contributed by atoms with Crippen molar-refractivity contribution < 1.29 is 4.79 Å². The number of para-hydroxylation sites is 1. The lowest BCUT2D eigenvalue weighted by atomic mass is 10.2. The zero-order valence-electron chi connectivity index (χ0n) is 12.6. The summed E-state index contributed by atoms with van der Waals surface area (Å²) in [5, 5.41) is 8.09. The monoisotopic (exact) mass is 423 g/mol. The number of rotatable bonds is 3. The van der Waals surface area contributed by atoms with E-state index in [4.69, 9.17) is 23.2 Å². The van der Waals surface area contributed by atoms with E-state index in [-0.39, 0.29) is 5.91 Å². The lowest BCUT2D eigenvalue weighted by molar-refractivity contribution is 0.102. The first-order chi connectivity index (χ1) is 11.5. The molecule has 2 aromatic carbocycles. The molecule has 0 atom stereocenters. The first kappa shape index (κ1) is 17.0. The smallest absolute Gasteiger partial charge is 0.258 e. The first-order valence-corrected chi connectivity index (χ1v) is 8.59. The van der Waals surface area contributed by atoms with Crippen LogP contribution in [0.1, 0.15) is 16.1 Å². The molecule has 0 aliphatic heterocycles. The normalized spacial score (nSPS) is 10.7. The van der Waals surface area contributed by atoms with Gasteiger partial charge >= 0.3 is 0 Å². The summed E-state index contributed by atoms with van der Waals surface area (Å²) < 4.78 is 2.38. The van der Waals surface area contributed by atoms with Crippen LogP contribution >= 0.6 is 39.1 Å². The predicted octanol–water partition coefficient (Wildman–Crippen LogP) is 5.50. The Kier molecular flexibility index (Phi) is 4.94. The van der Waals surface area contributed by atoms with Crippen molar-refractivity contribution >= 4 is 50.9 Å². The van der Waals surface area contributed by atoms with Crippen LogP contribution in [-0.2, 0) is 0 Å². The Bertz CT molecular complexity index is 910. The summed E-state index contributed by atoms with van der Waals surface area (Å²) in [4.78, 5) is 12.6. The Hall–Kier alpha value is -1.82. The highest BCUT2D eigenvalue weighted by Crippen LogP contribution is 2.30. The number of hydrogen-bond donors (Lipinski definition) is 1. The van der Waals surface area contributed by atoms with Gasteiger partial charge in [0, 0.05) is 5.02 Å². The lowest BCUT2D eigenvalue weighted by Gasteiger charge is -2.10. The van der Waals surface area contributed by atoms with Crippen LogP contribution in [0.4, 0.5) is 5.82 Å². The minimum absolute atomic E-state index is 0.290. The third kappa shape index (κ3) is 3.34. The number of halogens is 3. The molecule has 7 heteroatoms. The second-order valence-corrected chi connectivity index (χ2v) is 6.71. The van der Waals surface area contributed by atoms with Crippen molar-refractivity contribution in [1.29, 1.82) is 0 Å². The molecule has 0 unspecified atom stereocenters. The molecule has 0 saturated heterocycles. The molecule has 1 N–H and O–H groups in total. The van der Waals surface area contributed by atoms with Crippen molar-refractivity contribution in [2.24, 2.45) is 0 Å². The van der Waals surface area contributed by atoms with Gasteiger partial charge in [0.15, 0.2) is 5.82 Å². The number of carbonyl (C=O) groups is 1. The van der Waals surface area contributed by atoms with E-state index in [1.807, 2.05) is 37.3 Å².